The molecule has 0 spiro atoms. The van der Waals surface area contributed by atoms with Crippen LogP contribution in [0.25, 0.3) is 0 Å². The number of anilines is 3. The van der Waals surface area contributed by atoms with Crippen molar-refractivity contribution in [3.8, 4) is 5.75 Å². The monoisotopic (exact) mass is 373 g/mol. The van der Waals surface area contributed by atoms with Gasteiger partial charge in [0.25, 0.3) is 5.91 Å². The lowest BCUT2D eigenvalue weighted by Crippen LogP contribution is -2.34. The van der Waals surface area contributed by atoms with Crippen molar-refractivity contribution in [2.45, 2.75) is 32.9 Å². The lowest BCUT2D eigenvalue weighted by atomic mass is 10.1. The molecule has 2 unspecified atom stereocenters. The summed E-state index contributed by atoms with van der Waals surface area (Å²) >= 11 is 5.99. The molecule has 0 bridgehead atoms. The molecule has 0 saturated carbocycles. The molecular weight excluding hydrogens is 354 g/mol. The van der Waals surface area contributed by atoms with Crippen molar-refractivity contribution in [3.05, 3.63) is 47.0 Å². The number of halogens is 1. The van der Waals surface area contributed by atoms with Gasteiger partial charge in [0, 0.05) is 16.4 Å². The van der Waals surface area contributed by atoms with Crippen LogP contribution < -0.4 is 20.7 Å². The zero-order valence-electron chi connectivity index (χ0n) is 14.7. The highest BCUT2D eigenvalue weighted by Crippen LogP contribution is 2.32. The molecule has 0 aromatic heterocycles. The molecule has 6 nitrogen and oxygen atoms in total. The van der Waals surface area contributed by atoms with E-state index in [0.29, 0.717) is 27.8 Å². The number of fused-ring (bicyclic) bond motifs is 1. The van der Waals surface area contributed by atoms with Crippen molar-refractivity contribution in [2.24, 2.45) is 0 Å². The normalized spacial score (nSPS) is 16.8. The first kappa shape index (κ1) is 18.1. The Hall–Kier alpha value is -2.73. The summed E-state index contributed by atoms with van der Waals surface area (Å²) in [5.41, 5.74) is 2.89. The van der Waals surface area contributed by atoms with Crippen LogP contribution in [-0.4, -0.2) is 24.0 Å². The van der Waals surface area contributed by atoms with E-state index in [9.17, 15) is 9.59 Å². The van der Waals surface area contributed by atoms with Gasteiger partial charge in [-0.05, 0) is 56.7 Å². The van der Waals surface area contributed by atoms with Gasteiger partial charge < -0.3 is 20.7 Å². The summed E-state index contributed by atoms with van der Waals surface area (Å²) in [7, 11) is 0. The third-order valence-electron chi connectivity index (χ3n) is 4.14. The Balaban J connectivity index is 1.69. The second kappa shape index (κ2) is 7.25. The van der Waals surface area contributed by atoms with E-state index in [1.165, 1.54) is 0 Å². The lowest BCUT2D eigenvalue weighted by molar-refractivity contribution is -0.122. The molecule has 2 amide bonds. The van der Waals surface area contributed by atoms with Gasteiger partial charge in [0.15, 0.2) is 6.10 Å². The van der Waals surface area contributed by atoms with E-state index in [-0.39, 0.29) is 11.8 Å². The summed E-state index contributed by atoms with van der Waals surface area (Å²) in [5.74, 6) is 0.216. The van der Waals surface area contributed by atoms with Crippen LogP contribution in [0, 0.1) is 6.92 Å². The molecule has 136 valence electrons. The minimum absolute atomic E-state index is 0.193. The summed E-state index contributed by atoms with van der Waals surface area (Å²) < 4.78 is 5.52. The van der Waals surface area contributed by atoms with Gasteiger partial charge in [-0.1, -0.05) is 17.7 Å². The van der Waals surface area contributed by atoms with E-state index in [1.54, 1.807) is 44.2 Å². The van der Waals surface area contributed by atoms with E-state index in [1.807, 2.05) is 13.0 Å². The van der Waals surface area contributed by atoms with E-state index in [0.717, 1.165) is 5.56 Å². The van der Waals surface area contributed by atoms with Crippen LogP contribution in [-0.2, 0) is 9.59 Å². The maximum Gasteiger partial charge on any atom is 0.265 e. The molecule has 1 heterocycles. The van der Waals surface area contributed by atoms with E-state index >= 15 is 0 Å². The quantitative estimate of drug-likeness (QED) is 0.761. The highest BCUT2D eigenvalue weighted by molar-refractivity contribution is 6.31. The number of hydrogen-bond donors (Lipinski definition) is 3. The molecule has 3 N–H and O–H groups in total. The van der Waals surface area contributed by atoms with Crippen molar-refractivity contribution in [1.29, 1.82) is 0 Å². The fourth-order valence-electron chi connectivity index (χ4n) is 2.58. The standard InChI is InChI=1S/C19H20ClN3O3/c1-10-4-5-13(20)8-15(10)22-18(24)11(2)21-14-6-7-17-16(9-14)23-19(25)12(3)26-17/h4-9,11-12,21H,1-3H3,(H,22,24)(H,23,25). The van der Waals surface area contributed by atoms with Gasteiger partial charge in [-0.3, -0.25) is 9.59 Å². The van der Waals surface area contributed by atoms with Crippen molar-refractivity contribution in [1.82, 2.24) is 0 Å². The first-order valence-corrected chi connectivity index (χ1v) is 8.66. The molecular formula is C19H20ClN3O3. The number of ether oxygens (including phenoxy) is 1. The highest BCUT2D eigenvalue weighted by atomic mass is 35.5. The molecule has 1 aliphatic heterocycles. The van der Waals surface area contributed by atoms with E-state index in [4.69, 9.17) is 16.3 Å². The number of nitrogens with one attached hydrogen (secondary N) is 3. The van der Waals surface area contributed by atoms with Crippen molar-refractivity contribution >= 4 is 40.5 Å². The Labute approximate surface area is 156 Å². The Morgan fingerprint density at radius 3 is 2.81 bits per heavy atom. The Bertz CT molecular complexity index is 869. The van der Waals surface area contributed by atoms with Crippen LogP contribution in [0.15, 0.2) is 36.4 Å². The predicted octanol–water partition coefficient (Wildman–Crippen LogP) is 3.81. The zero-order valence-corrected chi connectivity index (χ0v) is 15.5. The molecule has 0 fully saturated rings. The van der Waals surface area contributed by atoms with Gasteiger partial charge in [0.05, 0.1) is 5.69 Å². The van der Waals surface area contributed by atoms with Gasteiger partial charge in [-0.25, -0.2) is 0 Å². The smallest absolute Gasteiger partial charge is 0.265 e. The summed E-state index contributed by atoms with van der Waals surface area (Å²) in [6, 6.07) is 10.2. The molecule has 2 aromatic rings. The predicted molar refractivity (Wildman–Crippen MR) is 103 cm³/mol. The Morgan fingerprint density at radius 1 is 1.27 bits per heavy atom. The van der Waals surface area contributed by atoms with Gasteiger partial charge in [-0.15, -0.1) is 0 Å². The SMILES string of the molecule is Cc1ccc(Cl)cc1NC(=O)C(C)Nc1ccc2c(c1)NC(=O)C(C)O2. The van der Waals surface area contributed by atoms with E-state index < -0.39 is 12.1 Å². The van der Waals surface area contributed by atoms with Gasteiger partial charge in [-0.2, -0.15) is 0 Å². The number of hydrogen-bond acceptors (Lipinski definition) is 4. The second-order valence-corrected chi connectivity index (χ2v) is 6.71. The number of aryl methyl sites for hydroxylation is 1. The van der Waals surface area contributed by atoms with Crippen molar-refractivity contribution in [2.75, 3.05) is 16.0 Å². The molecule has 2 aromatic carbocycles. The van der Waals surface area contributed by atoms with Crippen LogP contribution in [0.1, 0.15) is 19.4 Å². The largest absolute Gasteiger partial charge is 0.479 e. The summed E-state index contributed by atoms with van der Waals surface area (Å²) in [5, 5.41) is 9.33. The van der Waals surface area contributed by atoms with E-state index in [2.05, 4.69) is 16.0 Å². The third-order valence-corrected chi connectivity index (χ3v) is 4.38. The van der Waals surface area contributed by atoms with Crippen LogP contribution in [0.5, 0.6) is 5.75 Å². The van der Waals surface area contributed by atoms with Gasteiger partial charge in [0.1, 0.15) is 11.8 Å². The number of amides is 2. The maximum absolute atomic E-state index is 12.5. The Kier molecular flexibility index (Phi) is 5.04. The lowest BCUT2D eigenvalue weighted by Gasteiger charge is -2.24. The first-order valence-electron chi connectivity index (χ1n) is 8.28. The van der Waals surface area contributed by atoms with Crippen LogP contribution >= 0.6 is 11.6 Å². The highest BCUT2D eigenvalue weighted by Gasteiger charge is 2.24. The fourth-order valence-corrected chi connectivity index (χ4v) is 2.76. The molecule has 26 heavy (non-hydrogen) atoms. The van der Waals surface area contributed by atoms with Crippen molar-refractivity contribution in [3.63, 3.8) is 0 Å². The van der Waals surface area contributed by atoms with Crippen LogP contribution in [0.4, 0.5) is 17.1 Å². The number of carbonyl (C=O) groups is 2. The average molecular weight is 374 g/mol. The molecule has 2 atom stereocenters. The molecule has 3 rings (SSSR count). The summed E-state index contributed by atoms with van der Waals surface area (Å²) in [4.78, 5) is 24.2. The average Bonchev–Trinajstić information content (AvgIpc) is 2.59. The number of carbonyl (C=O) groups excluding carboxylic acids is 2. The second-order valence-electron chi connectivity index (χ2n) is 6.27. The minimum atomic E-state index is -0.521. The minimum Gasteiger partial charge on any atom is -0.479 e. The molecule has 0 aliphatic carbocycles. The zero-order chi connectivity index (χ0) is 18.8. The molecule has 7 heteroatoms. The maximum atomic E-state index is 12.5. The number of benzene rings is 2. The first-order chi connectivity index (χ1) is 12.3. The van der Waals surface area contributed by atoms with Gasteiger partial charge >= 0.3 is 0 Å². The fraction of sp³-hybridized carbons (Fsp3) is 0.263. The molecule has 0 saturated heterocycles. The van der Waals surface area contributed by atoms with Gasteiger partial charge in [0.2, 0.25) is 5.91 Å². The summed E-state index contributed by atoms with van der Waals surface area (Å²) in [6.07, 6.45) is -0.521. The van der Waals surface area contributed by atoms with Crippen LogP contribution in [0.2, 0.25) is 5.02 Å². The topological polar surface area (TPSA) is 79.5 Å². The molecule has 1 aliphatic rings. The third kappa shape index (κ3) is 3.91. The Morgan fingerprint density at radius 2 is 2.04 bits per heavy atom. The van der Waals surface area contributed by atoms with Crippen LogP contribution in [0.3, 0.4) is 0 Å². The summed E-state index contributed by atoms with van der Waals surface area (Å²) in [6.45, 7) is 5.34. The van der Waals surface area contributed by atoms with Crippen molar-refractivity contribution < 1.29 is 14.3 Å². The number of rotatable bonds is 4. The molecule has 0 radical (unpaired) electrons.